The van der Waals surface area contributed by atoms with Crippen LogP contribution < -0.4 is 0 Å². The van der Waals surface area contributed by atoms with Gasteiger partial charge in [0.25, 0.3) is 5.54 Å². The summed E-state index contributed by atoms with van der Waals surface area (Å²) in [5.41, 5.74) is 0.469. The van der Waals surface area contributed by atoms with Crippen molar-refractivity contribution in [3.8, 4) is 0 Å². The highest BCUT2D eigenvalue weighted by Crippen LogP contribution is 2.36. The fraction of sp³-hybridized carbons (Fsp3) is 0.364. The first kappa shape index (κ1) is 10.6. The van der Waals surface area contributed by atoms with Gasteiger partial charge in [-0.25, -0.2) is 11.0 Å². The maximum atomic E-state index is 13.6. The Kier molecular flexibility index (Phi) is 2.53. The van der Waals surface area contributed by atoms with Crippen LogP contribution in [0.5, 0.6) is 0 Å². The molecule has 0 aliphatic carbocycles. The molecule has 0 bridgehead atoms. The van der Waals surface area contributed by atoms with Gasteiger partial charge >= 0.3 is 0 Å². The monoisotopic (exact) mass is 269 g/mol. The van der Waals surface area contributed by atoms with Crippen LogP contribution in [0.4, 0.5) is 4.39 Å². The Morgan fingerprint density at radius 2 is 2.33 bits per heavy atom. The molecule has 78 valence electrons. The van der Waals surface area contributed by atoms with Crippen molar-refractivity contribution in [3.05, 3.63) is 45.0 Å². The summed E-state index contributed by atoms with van der Waals surface area (Å²) >= 11 is 3.24. The molecule has 0 spiro atoms. The lowest BCUT2D eigenvalue weighted by Gasteiger charge is -2.26. The van der Waals surface area contributed by atoms with Gasteiger partial charge in [-0.3, -0.25) is 0 Å². The maximum Gasteiger partial charge on any atom is 0.278 e. The van der Waals surface area contributed by atoms with Gasteiger partial charge < -0.3 is 9.58 Å². The van der Waals surface area contributed by atoms with Crippen LogP contribution in [0.2, 0.25) is 0 Å². The number of halogens is 2. The molecule has 1 aromatic carbocycles. The molecule has 0 saturated carbocycles. The van der Waals surface area contributed by atoms with Crippen molar-refractivity contribution in [2.45, 2.75) is 19.1 Å². The van der Waals surface area contributed by atoms with Gasteiger partial charge in [0.15, 0.2) is 0 Å². The van der Waals surface area contributed by atoms with Gasteiger partial charge in [0.2, 0.25) is 0 Å². The van der Waals surface area contributed by atoms with E-state index in [1.54, 1.807) is 13.0 Å². The number of fused-ring (bicyclic) bond motifs is 1. The molecule has 0 saturated heterocycles. The van der Waals surface area contributed by atoms with E-state index in [0.717, 1.165) is 5.56 Å². The minimum absolute atomic E-state index is 0.250. The summed E-state index contributed by atoms with van der Waals surface area (Å²) < 4.78 is 19.5. The molecule has 2 nitrogen and oxygen atoms in total. The third kappa shape index (κ3) is 1.66. The predicted octanol–water partition coefficient (Wildman–Crippen LogP) is 3.25. The SMILES string of the molecule is [C-]#[N+]C1(C)COCc2c(F)cc(Br)cc21. The second kappa shape index (κ2) is 3.58. The van der Waals surface area contributed by atoms with Gasteiger partial charge in [0, 0.05) is 22.5 Å². The number of hydrogen-bond donors (Lipinski definition) is 0. The minimum Gasteiger partial charge on any atom is -0.368 e. The highest BCUT2D eigenvalue weighted by molar-refractivity contribution is 9.10. The van der Waals surface area contributed by atoms with Crippen LogP contribution in [0.1, 0.15) is 18.1 Å². The van der Waals surface area contributed by atoms with Crippen molar-refractivity contribution in [2.24, 2.45) is 0 Å². The third-order valence-corrected chi connectivity index (χ3v) is 3.07. The Bertz CT molecular complexity index is 455. The lowest BCUT2D eigenvalue weighted by Crippen LogP contribution is -2.31. The molecule has 0 radical (unpaired) electrons. The molecule has 0 N–H and O–H groups in total. The second-order valence-electron chi connectivity index (χ2n) is 3.79. The van der Waals surface area contributed by atoms with Crippen LogP contribution >= 0.6 is 15.9 Å². The molecule has 1 unspecified atom stereocenters. The molecule has 15 heavy (non-hydrogen) atoms. The first-order chi connectivity index (χ1) is 7.07. The van der Waals surface area contributed by atoms with Crippen molar-refractivity contribution < 1.29 is 9.13 Å². The van der Waals surface area contributed by atoms with Gasteiger partial charge in [-0.15, -0.1) is 0 Å². The van der Waals surface area contributed by atoms with Gasteiger partial charge in [0.1, 0.15) is 12.4 Å². The summed E-state index contributed by atoms with van der Waals surface area (Å²) in [7, 11) is 0. The van der Waals surface area contributed by atoms with Crippen LogP contribution in [0.15, 0.2) is 16.6 Å². The van der Waals surface area contributed by atoms with E-state index in [0.29, 0.717) is 16.6 Å². The Balaban J connectivity index is 2.67. The van der Waals surface area contributed by atoms with Crippen molar-refractivity contribution >= 4 is 15.9 Å². The van der Waals surface area contributed by atoms with Crippen LogP contribution in [0.3, 0.4) is 0 Å². The largest absolute Gasteiger partial charge is 0.368 e. The van der Waals surface area contributed by atoms with E-state index in [-0.39, 0.29) is 12.4 Å². The van der Waals surface area contributed by atoms with Crippen molar-refractivity contribution in [1.82, 2.24) is 0 Å². The van der Waals surface area contributed by atoms with Crippen LogP contribution in [0.25, 0.3) is 4.85 Å². The highest BCUT2D eigenvalue weighted by Gasteiger charge is 2.40. The first-order valence-corrected chi connectivity index (χ1v) is 5.31. The quantitative estimate of drug-likeness (QED) is 0.660. The van der Waals surface area contributed by atoms with Crippen LogP contribution in [-0.2, 0) is 16.9 Å². The predicted molar refractivity (Wildman–Crippen MR) is 57.7 cm³/mol. The molecule has 1 aromatic rings. The van der Waals surface area contributed by atoms with Crippen LogP contribution in [0, 0.1) is 12.4 Å². The fourth-order valence-corrected chi connectivity index (χ4v) is 2.18. The van der Waals surface area contributed by atoms with Crippen molar-refractivity contribution in [2.75, 3.05) is 6.61 Å². The molecule has 0 amide bonds. The van der Waals surface area contributed by atoms with Gasteiger partial charge in [0.05, 0.1) is 6.61 Å². The molecule has 0 aromatic heterocycles. The number of rotatable bonds is 0. The van der Waals surface area contributed by atoms with Crippen LogP contribution in [-0.4, -0.2) is 6.61 Å². The zero-order valence-electron chi connectivity index (χ0n) is 8.18. The number of ether oxygens (including phenoxy) is 1. The first-order valence-electron chi connectivity index (χ1n) is 4.51. The lowest BCUT2D eigenvalue weighted by molar-refractivity contribution is 0.0701. The number of hydrogen-bond acceptors (Lipinski definition) is 1. The minimum atomic E-state index is -0.766. The third-order valence-electron chi connectivity index (χ3n) is 2.62. The Labute approximate surface area is 96.0 Å². The zero-order chi connectivity index (χ0) is 11.1. The van der Waals surface area contributed by atoms with Gasteiger partial charge in [-0.1, -0.05) is 15.9 Å². The Hall–Kier alpha value is -0.920. The van der Waals surface area contributed by atoms with Gasteiger partial charge in [-0.2, -0.15) is 0 Å². The van der Waals surface area contributed by atoms with E-state index in [4.69, 9.17) is 11.3 Å². The summed E-state index contributed by atoms with van der Waals surface area (Å²) in [6, 6.07) is 3.21. The Morgan fingerprint density at radius 3 is 3.00 bits per heavy atom. The zero-order valence-corrected chi connectivity index (χ0v) is 9.77. The molecule has 1 aliphatic heterocycles. The average Bonchev–Trinajstić information content (AvgIpc) is 2.20. The van der Waals surface area contributed by atoms with Crippen molar-refractivity contribution in [1.29, 1.82) is 0 Å². The van der Waals surface area contributed by atoms with E-state index in [9.17, 15) is 4.39 Å². The smallest absolute Gasteiger partial charge is 0.278 e. The van der Waals surface area contributed by atoms with Gasteiger partial charge in [-0.05, 0) is 12.1 Å². The molecular weight excluding hydrogens is 261 g/mol. The summed E-state index contributed by atoms with van der Waals surface area (Å²) in [5.74, 6) is -0.311. The van der Waals surface area contributed by atoms with E-state index < -0.39 is 5.54 Å². The van der Waals surface area contributed by atoms with E-state index in [1.807, 2.05) is 0 Å². The van der Waals surface area contributed by atoms with Crippen molar-refractivity contribution in [3.63, 3.8) is 0 Å². The van der Waals surface area contributed by atoms with E-state index in [1.165, 1.54) is 6.07 Å². The van der Waals surface area contributed by atoms with E-state index in [2.05, 4.69) is 20.8 Å². The molecule has 1 aliphatic rings. The summed E-state index contributed by atoms with van der Waals surface area (Å²) in [5, 5.41) is 0. The molecule has 1 atom stereocenters. The topological polar surface area (TPSA) is 13.6 Å². The second-order valence-corrected chi connectivity index (χ2v) is 4.71. The molecule has 1 heterocycles. The average molecular weight is 270 g/mol. The lowest BCUT2D eigenvalue weighted by atomic mass is 9.88. The molecule has 0 fully saturated rings. The fourth-order valence-electron chi connectivity index (χ4n) is 1.75. The maximum absolute atomic E-state index is 13.6. The molecule has 4 heteroatoms. The highest BCUT2D eigenvalue weighted by atomic mass is 79.9. The number of benzene rings is 1. The summed E-state index contributed by atoms with van der Waals surface area (Å²) in [6.07, 6.45) is 0. The molecular formula is C11H9BrFNO. The number of nitrogens with zero attached hydrogens (tertiary/aromatic N) is 1. The standard InChI is InChI=1S/C11H9BrFNO/c1-11(14-2)6-15-5-8-9(11)3-7(12)4-10(8)13/h3-4H,5-6H2,1H3. The normalized spacial score (nSPS) is 24.4. The molecule has 2 rings (SSSR count). The van der Waals surface area contributed by atoms with E-state index >= 15 is 0 Å². The Morgan fingerprint density at radius 1 is 1.60 bits per heavy atom. The summed E-state index contributed by atoms with van der Waals surface area (Å²) in [4.78, 5) is 3.54. The summed E-state index contributed by atoms with van der Waals surface area (Å²) in [6.45, 7) is 9.51.